The highest BCUT2D eigenvalue weighted by Crippen LogP contribution is 2.31. The van der Waals surface area contributed by atoms with Gasteiger partial charge in [-0.1, -0.05) is 13.8 Å². The van der Waals surface area contributed by atoms with Crippen LogP contribution in [0.2, 0.25) is 0 Å². The summed E-state index contributed by atoms with van der Waals surface area (Å²) in [6.45, 7) is 5.86. The summed E-state index contributed by atoms with van der Waals surface area (Å²) in [6.07, 6.45) is 5.48. The van der Waals surface area contributed by atoms with Gasteiger partial charge in [-0.15, -0.1) is 11.3 Å². The molecule has 0 spiro atoms. The van der Waals surface area contributed by atoms with Crippen LogP contribution in [0.4, 0.5) is 0 Å². The number of ether oxygens (including phenoxy) is 1. The molecule has 1 fully saturated rings. The number of hydrogen-bond donors (Lipinski definition) is 2. The molecule has 2 rings (SSSR count). The molecule has 1 aromatic heterocycles. The quantitative estimate of drug-likeness (QED) is 0.770. The van der Waals surface area contributed by atoms with Crippen LogP contribution in [-0.2, 0) is 4.74 Å². The van der Waals surface area contributed by atoms with Crippen molar-refractivity contribution in [2.45, 2.75) is 45.6 Å². The predicted octanol–water partition coefficient (Wildman–Crippen LogP) is 2.77. The molecule has 2 heterocycles. The molecule has 0 aromatic carbocycles. The molecule has 0 saturated carbocycles. The Bertz CT molecular complexity index is 470. The van der Waals surface area contributed by atoms with E-state index in [1.807, 2.05) is 0 Å². The van der Waals surface area contributed by atoms with Crippen LogP contribution in [0.5, 0.6) is 0 Å². The number of aliphatic hydroxyl groups excluding tert-OH is 1. The SMILES string of the molecule is CC(C)CC(CCO)CNC(=O)c1cnc(C2CCCO2)s1. The summed E-state index contributed by atoms with van der Waals surface area (Å²) in [5.41, 5.74) is 0. The van der Waals surface area contributed by atoms with Crippen LogP contribution in [0.25, 0.3) is 0 Å². The topological polar surface area (TPSA) is 71.5 Å². The zero-order chi connectivity index (χ0) is 15.9. The first kappa shape index (κ1) is 17.4. The molecule has 2 N–H and O–H groups in total. The number of aliphatic hydroxyl groups is 1. The second-order valence-electron chi connectivity index (χ2n) is 6.28. The van der Waals surface area contributed by atoms with Crippen molar-refractivity contribution >= 4 is 17.2 Å². The lowest BCUT2D eigenvalue weighted by atomic mass is 9.94. The largest absolute Gasteiger partial charge is 0.396 e. The highest BCUT2D eigenvalue weighted by atomic mass is 32.1. The van der Waals surface area contributed by atoms with Crippen molar-refractivity contribution in [1.82, 2.24) is 10.3 Å². The van der Waals surface area contributed by atoms with E-state index in [9.17, 15) is 4.79 Å². The number of rotatable bonds is 8. The van der Waals surface area contributed by atoms with Crippen LogP contribution in [0, 0.1) is 11.8 Å². The minimum atomic E-state index is -0.0755. The number of nitrogens with zero attached hydrogens (tertiary/aromatic N) is 1. The van der Waals surface area contributed by atoms with E-state index in [0.29, 0.717) is 23.3 Å². The Morgan fingerprint density at radius 1 is 1.59 bits per heavy atom. The van der Waals surface area contributed by atoms with Crippen molar-refractivity contribution in [3.05, 3.63) is 16.1 Å². The third-order valence-electron chi connectivity index (χ3n) is 3.85. The van der Waals surface area contributed by atoms with Crippen LogP contribution >= 0.6 is 11.3 Å². The molecular formula is C16H26N2O3S. The van der Waals surface area contributed by atoms with Gasteiger partial charge in [-0.05, 0) is 37.5 Å². The highest BCUT2D eigenvalue weighted by molar-refractivity contribution is 7.13. The summed E-state index contributed by atoms with van der Waals surface area (Å²) >= 11 is 1.42. The average molecular weight is 326 g/mol. The second-order valence-corrected chi connectivity index (χ2v) is 7.34. The molecule has 1 saturated heterocycles. The van der Waals surface area contributed by atoms with Gasteiger partial charge < -0.3 is 15.2 Å². The number of aromatic nitrogens is 1. The molecule has 5 nitrogen and oxygen atoms in total. The Labute approximate surface area is 136 Å². The third kappa shape index (κ3) is 5.04. The van der Waals surface area contributed by atoms with Gasteiger partial charge in [-0.25, -0.2) is 4.98 Å². The first-order valence-electron chi connectivity index (χ1n) is 8.06. The standard InChI is InChI=1S/C16H26N2O3S/c1-11(2)8-12(5-6-19)9-17-15(20)14-10-18-16(22-14)13-4-3-7-21-13/h10-13,19H,3-9H2,1-2H3,(H,17,20). The minimum absolute atomic E-state index is 0.0645. The van der Waals surface area contributed by atoms with Gasteiger partial charge in [-0.2, -0.15) is 0 Å². The number of thiazole rings is 1. The predicted molar refractivity (Wildman–Crippen MR) is 87.0 cm³/mol. The van der Waals surface area contributed by atoms with Crippen molar-refractivity contribution < 1.29 is 14.6 Å². The normalized spacial score (nSPS) is 19.5. The van der Waals surface area contributed by atoms with E-state index < -0.39 is 0 Å². The van der Waals surface area contributed by atoms with Crippen LogP contribution in [0.15, 0.2) is 6.20 Å². The first-order valence-corrected chi connectivity index (χ1v) is 8.88. The number of amides is 1. The molecule has 2 unspecified atom stereocenters. The maximum Gasteiger partial charge on any atom is 0.263 e. The molecule has 0 aliphatic carbocycles. The molecule has 1 aliphatic rings. The van der Waals surface area contributed by atoms with Gasteiger partial charge >= 0.3 is 0 Å². The van der Waals surface area contributed by atoms with Crippen LogP contribution in [0.3, 0.4) is 0 Å². The van der Waals surface area contributed by atoms with Crippen molar-refractivity contribution in [1.29, 1.82) is 0 Å². The molecule has 1 aliphatic heterocycles. The van der Waals surface area contributed by atoms with Crippen LogP contribution < -0.4 is 5.32 Å². The van der Waals surface area contributed by atoms with E-state index in [2.05, 4.69) is 24.1 Å². The fourth-order valence-electron chi connectivity index (χ4n) is 2.79. The summed E-state index contributed by atoms with van der Waals surface area (Å²) in [6, 6.07) is 0. The molecule has 0 bridgehead atoms. The summed E-state index contributed by atoms with van der Waals surface area (Å²) in [7, 11) is 0. The lowest BCUT2D eigenvalue weighted by Crippen LogP contribution is -2.30. The van der Waals surface area contributed by atoms with Gasteiger partial charge in [0.2, 0.25) is 0 Å². The summed E-state index contributed by atoms with van der Waals surface area (Å²) in [4.78, 5) is 17.2. The first-order chi connectivity index (χ1) is 10.6. The van der Waals surface area contributed by atoms with E-state index >= 15 is 0 Å². The Hall–Kier alpha value is -0.980. The van der Waals surface area contributed by atoms with Gasteiger partial charge in [0.15, 0.2) is 0 Å². The maximum atomic E-state index is 12.2. The summed E-state index contributed by atoms with van der Waals surface area (Å²) in [5, 5.41) is 13.0. The molecule has 22 heavy (non-hydrogen) atoms. The molecular weight excluding hydrogens is 300 g/mol. The van der Waals surface area contributed by atoms with Crippen molar-refractivity contribution in [3.63, 3.8) is 0 Å². The average Bonchev–Trinajstić information content (AvgIpc) is 3.14. The van der Waals surface area contributed by atoms with Crippen LogP contribution in [-0.4, -0.2) is 35.8 Å². The van der Waals surface area contributed by atoms with Crippen LogP contribution in [0.1, 0.15) is 60.3 Å². The Balaban J connectivity index is 1.85. The zero-order valence-corrected chi connectivity index (χ0v) is 14.2. The van der Waals surface area contributed by atoms with Gasteiger partial charge in [-0.3, -0.25) is 4.79 Å². The number of nitrogens with one attached hydrogen (secondary N) is 1. The van der Waals surface area contributed by atoms with E-state index in [1.165, 1.54) is 11.3 Å². The van der Waals surface area contributed by atoms with Gasteiger partial charge in [0.25, 0.3) is 5.91 Å². The van der Waals surface area contributed by atoms with Gasteiger partial charge in [0.1, 0.15) is 16.0 Å². The summed E-state index contributed by atoms with van der Waals surface area (Å²) in [5.74, 6) is 0.802. The van der Waals surface area contributed by atoms with Crippen molar-refractivity contribution in [3.8, 4) is 0 Å². The third-order valence-corrected chi connectivity index (χ3v) is 4.93. The lowest BCUT2D eigenvalue weighted by molar-refractivity contribution is 0.0945. The fraction of sp³-hybridized carbons (Fsp3) is 0.750. The number of hydrogen-bond acceptors (Lipinski definition) is 5. The highest BCUT2D eigenvalue weighted by Gasteiger charge is 2.22. The minimum Gasteiger partial charge on any atom is -0.396 e. The van der Waals surface area contributed by atoms with Crippen molar-refractivity contribution in [2.75, 3.05) is 19.8 Å². The molecule has 6 heteroatoms. The molecule has 2 atom stereocenters. The van der Waals surface area contributed by atoms with Gasteiger partial charge in [0, 0.05) is 19.8 Å². The van der Waals surface area contributed by atoms with Crippen molar-refractivity contribution in [2.24, 2.45) is 11.8 Å². The lowest BCUT2D eigenvalue weighted by Gasteiger charge is -2.18. The Morgan fingerprint density at radius 3 is 3.05 bits per heavy atom. The Kier molecular flexibility index (Phi) is 6.79. The Morgan fingerprint density at radius 2 is 2.41 bits per heavy atom. The number of carbonyl (C=O) groups is 1. The van der Waals surface area contributed by atoms with Gasteiger partial charge in [0.05, 0.1) is 6.20 Å². The monoisotopic (exact) mass is 326 g/mol. The molecule has 1 amide bonds. The van der Waals surface area contributed by atoms with E-state index in [-0.39, 0.29) is 18.6 Å². The smallest absolute Gasteiger partial charge is 0.263 e. The second kappa shape index (κ2) is 8.60. The molecule has 0 radical (unpaired) electrons. The number of carbonyl (C=O) groups excluding carboxylic acids is 1. The molecule has 1 aromatic rings. The van der Waals surface area contributed by atoms with E-state index in [1.54, 1.807) is 6.20 Å². The molecule has 124 valence electrons. The maximum absolute atomic E-state index is 12.2. The zero-order valence-electron chi connectivity index (χ0n) is 13.4. The fourth-order valence-corrected chi connectivity index (χ4v) is 3.71. The summed E-state index contributed by atoms with van der Waals surface area (Å²) < 4.78 is 5.59. The van der Waals surface area contributed by atoms with E-state index in [0.717, 1.165) is 37.3 Å². The van der Waals surface area contributed by atoms with E-state index in [4.69, 9.17) is 9.84 Å².